The van der Waals surface area contributed by atoms with Crippen LogP contribution in [-0.4, -0.2) is 59.7 Å². The highest BCUT2D eigenvalue weighted by atomic mass is 15.2. The van der Waals surface area contributed by atoms with Gasteiger partial charge in [-0.25, -0.2) is 9.97 Å². The van der Waals surface area contributed by atoms with Gasteiger partial charge in [0.1, 0.15) is 5.52 Å². The molecule has 6 heterocycles. The van der Waals surface area contributed by atoms with Crippen LogP contribution in [0.5, 0.6) is 0 Å². The number of anilines is 2. The molecule has 6 rings (SSSR count). The van der Waals surface area contributed by atoms with Gasteiger partial charge < -0.3 is 14.8 Å². The number of pyridine rings is 2. The van der Waals surface area contributed by atoms with Gasteiger partial charge in [-0.3, -0.25) is 15.1 Å². The maximum absolute atomic E-state index is 4.85. The molecule has 1 aliphatic rings. The van der Waals surface area contributed by atoms with Crippen molar-refractivity contribution in [2.45, 2.75) is 19.4 Å². The predicted octanol–water partition coefficient (Wildman–Crippen LogP) is 3.85. The first kappa shape index (κ1) is 19.8. The molecule has 1 saturated heterocycles. The summed E-state index contributed by atoms with van der Waals surface area (Å²) < 4.78 is 2.23. The molecule has 2 N–H and O–H groups in total. The zero-order chi connectivity index (χ0) is 22.2. The van der Waals surface area contributed by atoms with E-state index < -0.39 is 0 Å². The molecule has 166 valence electrons. The molecular formula is C24H25N9. The summed E-state index contributed by atoms with van der Waals surface area (Å²) in [6.45, 7) is 3.29. The lowest BCUT2D eigenvalue weighted by atomic mass is 9.97. The largest absolute Gasteiger partial charge is 0.331 e. The van der Waals surface area contributed by atoms with Crippen LogP contribution in [0.2, 0.25) is 0 Å². The Morgan fingerprint density at radius 3 is 2.85 bits per heavy atom. The number of fused-ring (bicyclic) bond motifs is 2. The first-order valence-corrected chi connectivity index (χ1v) is 11.3. The van der Waals surface area contributed by atoms with E-state index in [0.717, 1.165) is 53.1 Å². The van der Waals surface area contributed by atoms with E-state index in [9.17, 15) is 0 Å². The molecule has 0 saturated carbocycles. The summed E-state index contributed by atoms with van der Waals surface area (Å²) in [6.07, 6.45) is 9.84. The van der Waals surface area contributed by atoms with Crippen molar-refractivity contribution in [2.24, 2.45) is 5.92 Å². The number of hydrogen-bond donors (Lipinski definition) is 2. The Bertz CT molecular complexity index is 1410. The fourth-order valence-electron chi connectivity index (χ4n) is 4.53. The number of aromatic nitrogens is 7. The molecule has 5 aromatic rings. The molecule has 0 amide bonds. The second kappa shape index (κ2) is 8.25. The molecule has 0 atom stereocenters. The monoisotopic (exact) mass is 439 g/mol. The number of aromatic amines is 1. The average Bonchev–Trinajstić information content (AvgIpc) is 3.47. The van der Waals surface area contributed by atoms with E-state index in [0.29, 0.717) is 17.6 Å². The standard InChI is InChI=1S/C24H25N9/c1-32-10-5-16(6-11-32)15-33-12-7-19-24(33)29-22(14-27-19)28-21-13-20(30-31-21)17-4-9-25-18-3-2-8-26-23(17)18/h2-4,7-9,12-14,16H,5-6,10-11,15H2,1H3,(H2,28,29,30,31). The van der Waals surface area contributed by atoms with E-state index in [1.807, 2.05) is 30.3 Å². The van der Waals surface area contributed by atoms with Gasteiger partial charge in [-0.1, -0.05) is 0 Å². The summed E-state index contributed by atoms with van der Waals surface area (Å²) in [7, 11) is 2.19. The van der Waals surface area contributed by atoms with Crippen molar-refractivity contribution in [3.63, 3.8) is 0 Å². The minimum absolute atomic E-state index is 0.668. The van der Waals surface area contributed by atoms with Crippen molar-refractivity contribution < 1.29 is 0 Å². The lowest BCUT2D eigenvalue weighted by Crippen LogP contribution is -2.31. The normalized spacial score (nSPS) is 15.4. The smallest absolute Gasteiger partial charge is 0.161 e. The molecule has 0 aromatic carbocycles. The summed E-state index contributed by atoms with van der Waals surface area (Å²) in [5, 5.41) is 10.8. The maximum Gasteiger partial charge on any atom is 0.161 e. The highest BCUT2D eigenvalue weighted by Crippen LogP contribution is 2.27. The number of rotatable bonds is 5. The van der Waals surface area contributed by atoms with Crippen LogP contribution in [0.4, 0.5) is 11.6 Å². The second-order valence-electron chi connectivity index (χ2n) is 8.70. The number of hydrogen-bond acceptors (Lipinski definition) is 7. The zero-order valence-electron chi connectivity index (χ0n) is 18.4. The molecule has 0 aliphatic carbocycles. The van der Waals surface area contributed by atoms with Crippen molar-refractivity contribution in [1.29, 1.82) is 0 Å². The van der Waals surface area contributed by atoms with E-state index in [1.54, 1.807) is 18.6 Å². The van der Waals surface area contributed by atoms with E-state index >= 15 is 0 Å². The number of piperidine rings is 1. The van der Waals surface area contributed by atoms with Gasteiger partial charge in [0.15, 0.2) is 17.3 Å². The molecular weight excluding hydrogens is 414 g/mol. The molecule has 5 aromatic heterocycles. The third-order valence-corrected chi connectivity index (χ3v) is 6.38. The Balaban J connectivity index is 1.24. The van der Waals surface area contributed by atoms with Gasteiger partial charge >= 0.3 is 0 Å². The van der Waals surface area contributed by atoms with E-state index in [4.69, 9.17) is 4.98 Å². The highest BCUT2D eigenvalue weighted by Gasteiger charge is 2.18. The quantitative estimate of drug-likeness (QED) is 0.429. The van der Waals surface area contributed by atoms with Gasteiger partial charge in [-0.05, 0) is 63.2 Å². The van der Waals surface area contributed by atoms with Crippen LogP contribution >= 0.6 is 0 Å². The minimum atomic E-state index is 0.668. The van der Waals surface area contributed by atoms with Crippen molar-refractivity contribution in [3.8, 4) is 11.3 Å². The Labute approximate surface area is 190 Å². The Kier molecular flexibility index (Phi) is 4.95. The molecule has 0 radical (unpaired) electrons. The lowest BCUT2D eigenvalue weighted by molar-refractivity contribution is 0.206. The van der Waals surface area contributed by atoms with Gasteiger partial charge in [0.25, 0.3) is 0 Å². The van der Waals surface area contributed by atoms with Gasteiger partial charge in [-0.2, -0.15) is 5.10 Å². The van der Waals surface area contributed by atoms with Crippen molar-refractivity contribution >= 4 is 33.8 Å². The van der Waals surface area contributed by atoms with Crippen LogP contribution in [0.25, 0.3) is 33.5 Å². The number of nitrogens with one attached hydrogen (secondary N) is 2. The fourth-order valence-corrected chi connectivity index (χ4v) is 4.53. The van der Waals surface area contributed by atoms with Crippen LogP contribution in [0, 0.1) is 5.92 Å². The summed E-state index contributed by atoms with van der Waals surface area (Å²) in [6, 6.07) is 9.76. The Hall–Kier alpha value is -3.85. The summed E-state index contributed by atoms with van der Waals surface area (Å²) >= 11 is 0. The van der Waals surface area contributed by atoms with Gasteiger partial charge in [0.05, 0.1) is 22.9 Å². The number of H-pyrrole nitrogens is 1. The van der Waals surface area contributed by atoms with Crippen molar-refractivity contribution in [1.82, 2.24) is 39.6 Å². The third-order valence-electron chi connectivity index (χ3n) is 6.38. The fraction of sp³-hybridized carbons (Fsp3) is 0.292. The van der Waals surface area contributed by atoms with Crippen molar-refractivity contribution in [3.05, 3.63) is 55.1 Å². The maximum atomic E-state index is 4.85. The van der Waals surface area contributed by atoms with E-state index in [-0.39, 0.29) is 0 Å². The van der Waals surface area contributed by atoms with Crippen LogP contribution in [0.3, 0.4) is 0 Å². The average molecular weight is 440 g/mol. The molecule has 0 bridgehead atoms. The Morgan fingerprint density at radius 2 is 1.94 bits per heavy atom. The molecule has 9 nitrogen and oxygen atoms in total. The summed E-state index contributed by atoms with van der Waals surface area (Å²) in [4.78, 5) is 20.7. The first-order chi connectivity index (χ1) is 16.2. The molecule has 0 unspecified atom stereocenters. The number of nitrogens with zero attached hydrogens (tertiary/aromatic N) is 7. The topological polar surface area (TPSA) is 100 Å². The molecule has 1 aliphatic heterocycles. The van der Waals surface area contributed by atoms with Crippen LogP contribution < -0.4 is 5.32 Å². The van der Waals surface area contributed by atoms with Crippen LogP contribution in [0.15, 0.2) is 55.1 Å². The zero-order valence-corrected chi connectivity index (χ0v) is 18.4. The van der Waals surface area contributed by atoms with Gasteiger partial charge in [0.2, 0.25) is 0 Å². The summed E-state index contributed by atoms with van der Waals surface area (Å²) in [5.74, 6) is 2.02. The number of likely N-dealkylation sites (tertiary alicyclic amines) is 1. The van der Waals surface area contributed by atoms with Crippen molar-refractivity contribution in [2.75, 3.05) is 25.5 Å². The predicted molar refractivity (Wildman–Crippen MR) is 128 cm³/mol. The summed E-state index contributed by atoms with van der Waals surface area (Å²) in [5.41, 5.74) is 5.31. The Morgan fingerprint density at radius 1 is 1.03 bits per heavy atom. The highest BCUT2D eigenvalue weighted by molar-refractivity contribution is 5.90. The third kappa shape index (κ3) is 3.91. The van der Waals surface area contributed by atoms with Gasteiger partial charge in [-0.15, -0.1) is 0 Å². The van der Waals surface area contributed by atoms with E-state index in [1.165, 1.54) is 12.8 Å². The molecule has 0 spiro atoms. The SMILES string of the molecule is CN1CCC(Cn2ccc3ncc(Nc4cc(-c5ccnc6cccnc56)[nH]n4)nc32)CC1. The first-order valence-electron chi connectivity index (χ1n) is 11.3. The molecule has 1 fully saturated rings. The van der Waals surface area contributed by atoms with E-state index in [2.05, 4.69) is 53.2 Å². The molecule has 9 heteroatoms. The van der Waals surface area contributed by atoms with Gasteiger partial charge in [0, 0.05) is 36.8 Å². The minimum Gasteiger partial charge on any atom is -0.331 e. The second-order valence-corrected chi connectivity index (χ2v) is 8.70. The van der Waals surface area contributed by atoms with Crippen LogP contribution in [0.1, 0.15) is 12.8 Å². The van der Waals surface area contributed by atoms with Crippen LogP contribution in [-0.2, 0) is 6.54 Å². The lowest BCUT2D eigenvalue weighted by Gasteiger charge is -2.29. The molecule has 33 heavy (non-hydrogen) atoms.